The van der Waals surface area contributed by atoms with E-state index in [9.17, 15) is 43.2 Å². The Morgan fingerprint density at radius 2 is 1.36 bits per heavy atom. The summed E-state index contributed by atoms with van der Waals surface area (Å²) in [6.45, 7) is 2.50. The van der Waals surface area contributed by atoms with Gasteiger partial charge in [0.1, 0.15) is 5.52 Å². The van der Waals surface area contributed by atoms with Crippen molar-refractivity contribution >= 4 is 31.0 Å². The molecule has 33 heavy (non-hydrogen) atoms. The van der Waals surface area contributed by atoms with Gasteiger partial charge in [-0.3, -0.25) is 0 Å². The van der Waals surface area contributed by atoms with Crippen molar-refractivity contribution in [2.45, 2.75) is 31.2 Å². The smallest absolute Gasteiger partial charge is 0.225 e. The van der Waals surface area contributed by atoms with Gasteiger partial charge in [0.05, 0.1) is 22.6 Å². The number of rotatable bonds is 5. The molecule has 1 aromatic carbocycles. The minimum atomic E-state index is -5.17. The minimum absolute atomic E-state index is 0.102. The van der Waals surface area contributed by atoms with E-state index in [-0.39, 0.29) is 17.3 Å². The molecule has 180 valence electrons. The molecule has 0 saturated heterocycles. The summed E-state index contributed by atoms with van der Waals surface area (Å²) in [5.41, 5.74) is -4.88. The topological polar surface area (TPSA) is 99.0 Å². The number of fused-ring (bicyclic) bond motifs is 1. The van der Waals surface area contributed by atoms with Gasteiger partial charge >= 0.3 is 12.4 Å². The lowest BCUT2D eigenvalue weighted by atomic mass is 10.0. The van der Waals surface area contributed by atoms with Gasteiger partial charge in [-0.2, -0.15) is 26.3 Å². The van der Waals surface area contributed by atoms with E-state index in [0.717, 1.165) is 12.1 Å². The summed E-state index contributed by atoms with van der Waals surface area (Å²) >= 11 is 0. The number of benzene rings is 1. The molecule has 2 heterocycles. The summed E-state index contributed by atoms with van der Waals surface area (Å²) in [4.78, 5) is 7.69. The Kier molecular flexibility index (Phi) is 6.03. The number of pyridine rings is 1. The van der Waals surface area contributed by atoms with Crippen LogP contribution in [-0.2, 0) is 32.2 Å². The van der Waals surface area contributed by atoms with Crippen molar-refractivity contribution in [1.29, 1.82) is 0 Å². The van der Waals surface area contributed by atoms with Crippen LogP contribution in [0.5, 0.6) is 0 Å². The third-order valence-corrected chi connectivity index (χ3v) is 7.88. The number of hydrogen-bond acceptors (Lipinski definition) is 6. The van der Waals surface area contributed by atoms with Crippen molar-refractivity contribution < 1.29 is 43.2 Å². The predicted octanol–water partition coefficient (Wildman–Crippen LogP) is 4.13. The molecule has 15 heteroatoms. The van der Waals surface area contributed by atoms with Crippen molar-refractivity contribution in [3.8, 4) is 11.4 Å². The second kappa shape index (κ2) is 7.97. The molecule has 3 rings (SSSR count). The van der Waals surface area contributed by atoms with E-state index in [4.69, 9.17) is 0 Å². The summed E-state index contributed by atoms with van der Waals surface area (Å²) in [5.74, 6) is -1.76. The van der Waals surface area contributed by atoms with Gasteiger partial charge < -0.3 is 0 Å². The number of alkyl halides is 6. The number of nitrogens with zero attached hydrogens (tertiary/aromatic N) is 3. The Morgan fingerprint density at radius 1 is 0.818 bits per heavy atom. The third-order valence-electron chi connectivity index (χ3n) is 4.63. The Labute approximate surface area is 184 Å². The molecule has 0 atom stereocenters. The van der Waals surface area contributed by atoms with Gasteiger partial charge in [0.15, 0.2) is 26.3 Å². The van der Waals surface area contributed by atoms with Crippen molar-refractivity contribution in [3.63, 3.8) is 0 Å². The van der Waals surface area contributed by atoms with Crippen LogP contribution in [0.1, 0.15) is 25.0 Å². The first kappa shape index (κ1) is 25.0. The maximum atomic E-state index is 13.3. The van der Waals surface area contributed by atoms with Crippen molar-refractivity contribution in [2.75, 3.05) is 11.5 Å². The van der Waals surface area contributed by atoms with Gasteiger partial charge in [-0.1, -0.05) is 6.92 Å². The standard InChI is InChI=1S/C18H15F6N3O4S2/c1-3-32(28,29)14-6-5-13-16(26-14)27(33(30,31)4-2)15(25-13)10-7-11(17(19,20)21)9-12(8-10)18(22,23)24/h5-9H,3-4H2,1-2H3. The fourth-order valence-electron chi connectivity index (χ4n) is 2.90. The number of halogens is 6. The van der Waals surface area contributed by atoms with E-state index >= 15 is 0 Å². The van der Waals surface area contributed by atoms with Gasteiger partial charge in [-0.25, -0.2) is 30.8 Å². The molecule has 0 aliphatic carbocycles. The van der Waals surface area contributed by atoms with E-state index in [1.165, 1.54) is 13.8 Å². The second-order valence-corrected chi connectivity index (χ2v) is 11.1. The Hall–Kier alpha value is -2.68. The molecule has 0 spiro atoms. The summed E-state index contributed by atoms with van der Waals surface area (Å²) < 4.78 is 130. The van der Waals surface area contributed by atoms with Gasteiger partial charge in [-0.05, 0) is 37.3 Å². The first-order chi connectivity index (χ1) is 15.0. The Bertz CT molecular complexity index is 1410. The minimum Gasteiger partial charge on any atom is -0.225 e. The van der Waals surface area contributed by atoms with Crippen LogP contribution in [0, 0.1) is 0 Å². The van der Waals surface area contributed by atoms with Gasteiger partial charge in [0, 0.05) is 5.56 Å². The second-order valence-electron chi connectivity index (χ2n) is 6.79. The average molecular weight is 515 g/mol. The zero-order valence-electron chi connectivity index (χ0n) is 16.9. The number of aromatic nitrogens is 3. The van der Waals surface area contributed by atoms with Crippen LogP contribution >= 0.6 is 0 Å². The lowest BCUT2D eigenvalue weighted by Gasteiger charge is -2.15. The van der Waals surface area contributed by atoms with Crippen LogP contribution < -0.4 is 0 Å². The van der Waals surface area contributed by atoms with Gasteiger partial charge in [0.2, 0.25) is 10.0 Å². The zero-order chi connectivity index (χ0) is 25.0. The molecule has 0 fully saturated rings. The first-order valence-electron chi connectivity index (χ1n) is 9.16. The molecular weight excluding hydrogens is 500 g/mol. The molecule has 0 aliphatic rings. The molecular formula is C18H15F6N3O4S2. The fourth-order valence-corrected chi connectivity index (χ4v) is 4.76. The molecule has 0 N–H and O–H groups in total. The molecule has 0 aliphatic heterocycles. The molecule has 3 aromatic rings. The summed E-state index contributed by atoms with van der Waals surface area (Å²) in [7, 11) is -8.30. The van der Waals surface area contributed by atoms with Crippen LogP contribution in [0.4, 0.5) is 26.3 Å². The average Bonchev–Trinajstić information content (AvgIpc) is 3.11. The predicted molar refractivity (Wildman–Crippen MR) is 106 cm³/mol. The normalized spacial score (nSPS) is 13.6. The molecule has 0 amide bonds. The van der Waals surface area contributed by atoms with Crippen molar-refractivity contribution in [1.82, 2.24) is 13.9 Å². The Balaban J connectivity index is 2.46. The number of imidazole rings is 1. The molecule has 0 bridgehead atoms. The van der Waals surface area contributed by atoms with Crippen LogP contribution in [0.25, 0.3) is 22.6 Å². The maximum absolute atomic E-state index is 13.3. The van der Waals surface area contributed by atoms with E-state index < -0.39 is 71.2 Å². The highest BCUT2D eigenvalue weighted by Gasteiger charge is 2.38. The molecule has 0 unspecified atom stereocenters. The van der Waals surface area contributed by atoms with Gasteiger partial charge in [0.25, 0.3) is 0 Å². The summed E-state index contributed by atoms with van der Waals surface area (Å²) in [6.07, 6.45) is -10.3. The molecule has 7 nitrogen and oxygen atoms in total. The summed E-state index contributed by atoms with van der Waals surface area (Å²) in [5, 5.41) is -0.517. The lowest BCUT2D eigenvalue weighted by molar-refractivity contribution is -0.143. The highest BCUT2D eigenvalue weighted by molar-refractivity contribution is 7.91. The van der Waals surface area contributed by atoms with Crippen LogP contribution in [0.15, 0.2) is 35.4 Å². The SMILES string of the molecule is CCS(=O)(=O)c1ccc2nc(-c3cc(C(F)(F)F)cc(C(F)(F)F)c3)n(S(=O)(=O)CC)c2n1. The highest BCUT2D eigenvalue weighted by Crippen LogP contribution is 2.39. The summed E-state index contributed by atoms with van der Waals surface area (Å²) in [6, 6.07) is 2.67. The van der Waals surface area contributed by atoms with Crippen LogP contribution in [-0.4, -0.2) is 42.3 Å². The fraction of sp³-hybridized carbons (Fsp3) is 0.333. The monoisotopic (exact) mass is 515 g/mol. The van der Waals surface area contributed by atoms with E-state index in [2.05, 4.69) is 9.97 Å². The van der Waals surface area contributed by atoms with Crippen LogP contribution in [0.2, 0.25) is 0 Å². The first-order valence-corrected chi connectivity index (χ1v) is 12.4. The van der Waals surface area contributed by atoms with Crippen molar-refractivity contribution in [3.05, 3.63) is 41.5 Å². The van der Waals surface area contributed by atoms with Crippen LogP contribution in [0.3, 0.4) is 0 Å². The molecule has 0 radical (unpaired) electrons. The number of hydrogen-bond donors (Lipinski definition) is 0. The maximum Gasteiger partial charge on any atom is 0.416 e. The third kappa shape index (κ3) is 4.69. The lowest BCUT2D eigenvalue weighted by Crippen LogP contribution is -2.18. The molecule has 2 aromatic heterocycles. The van der Waals surface area contributed by atoms with E-state index in [1.54, 1.807) is 0 Å². The zero-order valence-corrected chi connectivity index (χ0v) is 18.5. The highest BCUT2D eigenvalue weighted by atomic mass is 32.2. The largest absolute Gasteiger partial charge is 0.416 e. The Morgan fingerprint density at radius 3 is 1.82 bits per heavy atom. The van der Waals surface area contributed by atoms with E-state index in [0.29, 0.717) is 16.1 Å². The quantitative estimate of drug-likeness (QED) is 0.474. The van der Waals surface area contributed by atoms with Crippen molar-refractivity contribution in [2.24, 2.45) is 0 Å². The number of sulfone groups is 1. The molecule has 0 saturated carbocycles. The van der Waals surface area contributed by atoms with Gasteiger partial charge in [-0.15, -0.1) is 0 Å². The van der Waals surface area contributed by atoms with E-state index in [1.807, 2.05) is 0 Å².